The standard InChI is InChI=1S/C21H32N6O/c1-24-20-18(26-11-7-17(15-26)25-12-9-22-10-13-25)5-2-6-19(20)27(21(24)28)16-4-3-8-23-14-16/h2,5-6,16-17,22-23H,3-4,7-15H2,1H3/t16?,17-/m1/s1. The average Bonchev–Trinajstić information content (AvgIpc) is 3.33. The van der Waals surface area contributed by atoms with E-state index in [0.29, 0.717) is 6.04 Å². The molecule has 1 aromatic carbocycles. The van der Waals surface area contributed by atoms with Gasteiger partial charge in [-0.15, -0.1) is 0 Å². The van der Waals surface area contributed by atoms with Gasteiger partial charge in [0.25, 0.3) is 0 Å². The third-order valence-corrected chi connectivity index (χ3v) is 6.89. The van der Waals surface area contributed by atoms with Crippen LogP contribution in [0.4, 0.5) is 5.69 Å². The average molecular weight is 385 g/mol. The van der Waals surface area contributed by atoms with Crippen molar-refractivity contribution in [1.29, 1.82) is 0 Å². The largest absolute Gasteiger partial charge is 0.368 e. The number of nitrogens with one attached hydrogen (secondary N) is 2. The summed E-state index contributed by atoms with van der Waals surface area (Å²) in [6.07, 6.45) is 3.41. The number of piperidine rings is 1. The summed E-state index contributed by atoms with van der Waals surface area (Å²) in [6, 6.07) is 7.33. The van der Waals surface area contributed by atoms with Crippen LogP contribution in [0.25, 0.3) is 11.0 Å². The zero-order chi connectivity index (χ0) is 19.1. The van der Waals surface area contributed by atoms with E-state index in [-0.39, 0.29) is 11.7 Å². The summed E-state index contributed by atoms with van der Waals surface area (Å²) >= 11 is 0. The van der Waals surface area contributed by atoms with E-state index in [1.165, 1.54) is 12.1 Å². The summed E-state index contributed by atoms with van der Waals surface area (Å²) in [5, 5.41) is 6.91. The summed E-state index contributed by atoms with van der Waals surface area (Å²) in [6.45, 7) is 8.55. The molecule has 1 unspecified atom stereocenters. The second kappa shape index (κ2) is 7.54. The van der Waals surface area contributed by atoms with Crippen LogP contribution in [0.15, 0.2) is 23.0 Å². The molecule has 28 heavy (non-hydrogen) atoms. The van der Waals surface area contributed by atoms with Gasteiger partial charge in [0.2, 0.25) is 0 Å². The predicted molar refractivity (Wildman–Crippen MR) is 113 cm³/mol. The maximum atomic E-state index is 13.1. The van der Waals surface area contributed by atoms with Crippen LogP contribution in [0.5, 0.6) is 0 Å². The summed E-state index contributed by atoms with van der Waals surface area (Å²) in [7, 11) is 1.94. The predicted octanol–water partition coefficient (Wildman–Crippen LogP) is 0.748. The number of imidazole rings is 1. The molecule has 2 atom stereocenters. The molecule has 0 aliphatic carbocycles. The van der Waals surface area contributed by atoms with Crippen LogP contribution in [0, 0.1) is 0 Å². The molecule has 1 aromatic heterocycles. The Balaban J connectivity index is 1.48. The van der Waals surface area contributed by atoms with Gasteiger partial charge in [-0.3, -0.25) is 14.0 Å². The minimum atomic E-state index is 0.119. The van der Waals surface area contributed by atoms with E-state index in [9.17, 15) is 4.79 Å². The Morgan fingerprint density at radius 2 is 1.86 bits per heavy atom. The van der Waals surface area contributed by atoms with E-state index in [1.54, 1.807) is 0 Å². The molecule has 3 saturated heterocycles. The lowest BCUT2D eigenvalue weighted by atomic mass is 10.1. The van der Waals surface area contributed by atoms with Crippen LogP contribution in [-0.2, 0) is 7.05 Å². The van der Waals surface area contributed by atoms with Crippen molar-refractivity contribution in [2.45, 2.75) is 31.3 Å². The van der Waals surface area contributed by atoms with Gasteiger partial charge in [0, 0.05) is 58.9 Å². The second-order valence-electron chi connectivity index (χ2n) is 8.53. The molecule has 7 nitrogen and oxygen atoms in total. The summed E-state index contributed by atoms with van der Waals surface area (Å²) in [5.74, 6) is 0. The Labute approximate surface area is 166 Å². The van der Waals surface area contributed by atoms with Crippen molar-refractivity contribution in [3.63, 3.8) is 0 Å². The molecule has 0 radical (unpaired) electrons. The molecule has 0 amide bonds. The highest BCUT2D eigenvalue weighted by Gasteiger charge is 2.31. The van der Waals surface area contributed by atoms with Gasteiger partial charge in [0.05, 0.1) is 22.8 Å². The maximum absolute atomic E-state index is 13.1. The molecule has 2 aromatic rings. The van der Waals surface area contributed by atoms with Crippen molar-refractivity contribution < 1.29 is 0 Å². The number of fused-ring (bicyclic) bond motifs is 1. The number of nitrogens with zero attached hydrogens (tertiary/aromatic N) is 4. The molecule has 3 fully saturated rings. The maximum Gasteiger partial charge on any atom is 0.329 e. The highest BCUT2D eigenvalue weighted by Crippen LogP contribution is 2.32. The Morgan fingerprint density at radius 3 is 2.64 bits per heavy atom. The highest BCUT2D eigenvalue weighted by atomic mass is 16.1. The van der Waals surface area contributed by atoms with Crippen LogP contribution in [0.2, 0.25) is 0 Å². The first-order chi connectivity index (χ1) is 13.7. The summed E-state index contributed by atoms with van der Waals surface area (Å²) in [5.41, 5.74) is 3.52. The van der Waals surface area contributed by atoms with Crippen LogP contribution in [0.3, 0.4) is 0 Å². The number of para-hydroxylation sites is 1. The van der Waals surface area contributed by atoms with E-state index in [4.69, 9.17) is 0 Å². The molecule has 7 heteroatoms. The van der Waals surface area contributed by atoms with Crippen molar-refractivity contribution in [3.8, 4) is 0 Å². The van der Waals surface area contributed by atoms with Gasteiger partial charge in [-0.2, -0.15) is 0 Å². The van der Waals surface area contributed by atoms with E-state index >= 15 is 0 Å². The van der Waals surface area contributed by atoms with Crippen molar-refractivity contribution >= 4 is 16.7 Å². The quantitative estimate of drug-likeness (QED) is 0.818. The van der Waals surface area contributed by atoms with Crippen LogP contribution < -0.4 is 21.2 Å². The lowest BCUT2D eigenvalue weighted by Crippen LogP contribution is -2.49. The lowest BCUT2D eigenvalue weighted by molar-refractivity contribution is 0.185. The van der Waals surface area contributed by atoms with E-state index < -0.39 is 0 Å². The molecule has 0 saturated carbocycles. The Hall–Kier alpha value is -1.83. The Kier molecular flexibility index (Phi) is 4.90. The lowest BCUT2D eigenvalue weighted by Gasteiger charge is -2.32. The van der Waals surface area contributed by atoms with Gasteiger partial charge >= 0.3 is 5.69 Å². The Morgan fingerprint density at radius 1 is 1.00 bits per heavy atom. The van der Waals surface area contributed by atoms with Crippen LogP contribution >= 0.6 is 0 Å². The van der Waals surface area contributed by atoms with Gasteiger partial charge < -0.3 is 15.5 Å². The van der Waals surface area contributed by atoms with Gasteiger partial charge in [0.1, 0.15) is 0 Å². The molecule has 2 N–H and O–H groups in total. The van der Waals surface area contributed by atoms with Crippen molar-refractivity contribution in [3.05, 3.63) is 28.7 Å². The number of aromatic nitrogens is 2. The zero-order valence-electron chi connectivity index (χ0n) is 16.9. The number of piperazine rings is 1. The molecule has 3 aliphatic rings. The first-order valence-corrected chi connectivity index (χ1v) is 10.8. The first kappa shape index (κ1) is 18.2. The van der Waals surface area contributed by atoms with Gasteiger partial charge in [-0.25, -0.2) is 4.79 Å². The van der Waals surface area contributed by atoms with Crippen molar-refractivity contribution in [1.82, 2.24) is 24.7 Å². The van der Waals surface area contributed by atoms with Crippen molar-refractivity contribution in [2.75, 3.05) is 57.3 Å². The molecule has 0 spiro atoms. The third kappa shape index (κ3) is 3.06. The number of hydrogen-bond donors (Lipinski definition) is 2. The molecule has 152 valence electrons. The number of rotatable bonds is 3. The molecule has 4 heterocycles. The van der Waals surface area contributed by atoms with Gasteiger partial charge in [0.15, 0.2) is 0 Å². The molecular formula is C21H32N6O. The fraction of sp³-hybridized carbons (Fsp3) is 0.667. The SMILES string of the molecule is Cn1c(=O)n(C2CCCNC2)c2cccc(N3CC[C@@H](N4CCNCC4)C3)c21. The smallest absolute Gasteiger partial charge is 0.329 e. The van der Waals surface area contributed by atoms with Crippen LogP contribution in [0.1, 0.15) is 25.3 Å². The summed E-state index contributed by atoms with van der Waals surface area (Å²) in [4.78, 5) is 18.3. The normalized spacial score (nSPS) is 27.0. The number of hydrogen-bond acceptors (Lipinski definition) is 5. The first-order valence-electron chi connectivity index (χ1n) is 10.8. The zero-order valence-corrected chi connectivity index (χ0v) is 16.9. The monoisotopic (exact) mass is 384 g/mol. The number of aryl methyl sites for hydroxylation is 1. The molecule has 5 rings (SSSR count). The topological polar surface area (TPSA) is 57.5 Å². The fourth-order valence-corrected chi connectivity index (χ4v) is 5.39. The minimum absolute atomic E-state index is 0.119. The molecule has 0 bridgehead atoms. The van der Waals surface area contributed by atoms with E-state index in [1.807, 2.05) is 16.2 Å². The second-order valence-corrected chi connectivity index (χ2v) is 8.53. The van der Waals surface area contributed by atoms with Crippen molar-refractivity contribution in [2.24, 2.45) is 7.05 Å². The van der Waals surface area contributed by atoms with E-state index in [2.05, 4.69) is 38.6 Å². The number of anilines is 1. The molecular weight excluding hydrogens is 352 g/mol. The fourth-order valence-electron chi connectivity index (χ4n) is 5.39. The van der Waals surface area contributed by atoms with Gasteiger partial charge in [-0.1, -0.05) is 6.07 Å². The number of benzene rings is 1. The minimum Gasteiger partial charge on any atom is -0.368 e. The third-order valence-electron chi connectivity index (χ3n) is 6.89. The molecule has 3 aliphatic heterocycles. The highest BCUT2D eigenvalue weighted by molar-refractivity contribution is 5.90. The Bertz CT molecular complexity index is 890. The summed E-state index contributed by atoms with van der Waals surface area (Å²) < 4.78 is 3.91. The van der Waals surface area contributed by atoms with E-state index in [0.717, 1.165) is 76.2 Å². The van der Waals surface area contributed by atoms with Gasteiger partial charge in [-0.05, 0) is 37.9 Å². The van der Waals surface area contributed by atoms with Crippen LogP contribution in [-0.4, -0.2) is 72.4 Å².